The van der Waals surface area contributed by atoms with Crippen LogP contribution in [0, 0.1) is 17.0 Å². The van der Waals surface area contributed by atoms with Gasteiger partial charge in [0, 0.05) is 12.1 Å². The van der Waals surface area contributed by atoms with E-state index in [1.165, 1.54) is 24.1 Å². The lowest BCUT2D eigenvalue weighted by molar-refractivity contribution is -0.384. The van der Waals surface area contributed by atoms with Gasteiger partial charge in [-0.3, -0.25) is 24.6 Å². The van der Waals surface area contributed by atoms with E-state index >= 15 is 0 Å². The van der Waals surface area contributed by atoms with Gasteiger partial charge in [-0.25, -0.2) is 0 Å². The molecule has 9 heteroatoms. The van der Waals surface area contributed by atoms with Crippen LogP contribution in [0.1, 0.15) is 22.3 Å². The Morgan fingerprint density at radius 1 is 1.03 bits per heavy atom. The third-order valence-electron chi connectivity index (χ3n) is 5.49. The number of hydrogen-bond donors (Lipinski definition) is 0. The Morgan fingerprint density at radius 3 is 2.46 bits per heavy atom. The number of non-ortho nitro benzene ring substituents is 1. The van der Waals surface area contributed by atoms with Gasteiger partial charge in [0.1, 0.15) is 6.61 Å². The maximum absolute atomic E-state index is 12.9. The molecular weight excluding hydrogens is 468 g/mol. The molecule has 0 aliphatic carbocycles. The van der Waals surface area contributed by atoms with E-state index in [9.17, 15) is 19.7 Å². The molecule has 0 N–H and O–H groups in total. The predicted molar refractivity (Wildman–Crippen MR) is 133 cm³/mol. The van der Waals surface area contributed by atoms with Crippen molar-refractivity contribution in [2.45, 2.75) is 20.1 Å². The molecule has 2 amide bonds. The molecule has 1 saturated heterocycles. The van der Waals surface area contributed by atoms with Crippen LogP contribution >= 0.6 is 11.8 Å². The lowest BCUT2D eigenvalue weighted by atomic mass is 10.1. The number of amides is 2. The van der Waals surface area contributed by atoms with Crippen molar-refractivity contribution in [1.29, 1.82) is 0 Å². The number of carbonyl (C=O) groups excluding carboxylic acids is 2. The zero-order chi connectivity index (χ0) is 24.9. The van der Waals surface area contributed by atoms with Gasteiger partial charge < -0.3 is 9.47 Å². The molecule has 0 unspecified atom stereocenters. The van der Waals surface area contributed by atoms with Crippen LogP contribution in [-0.4, -0.2) is 28.1 Å². The van der Waals surface area contributed by atoms with E-state index in [-0.39, 0.29) is 30.0 Å². The topological polar surface area (TPSA) is 99.0 Å². The minimum absolute atomic E-state index is 0.00435. The number of imide groups is 1. The Hall–Kier alpha value is -4.11. The van der Waals surface area contributed by atoms with Gasteiger partial charge in [0.05, 0.1) is 23.5 Å². The fourth-order valence-electron chi connectivity index (χ4n) is 3.52. The van der Waals surface area contributed by atoms with E-state index in [0.717, 1.165) is 28.5 Å². The Labute approximate surface area is 206 Å². The van der Waals surface area contributed by atoms with Crippen LogP contribution in [-0.2, 0) is 17.9 Å². The number of carbonyl (C=O) groups is 2. The third-order valence-corrected chi connectivity index (χ3v) is 6.40. The van der Waals surface area contributed by atoms with Crippen LogP contribution in [0.15, 0.2) is 71.6 Å². The quantitative estimate of drug-likeness (QED) is 0.226. The highest BCUT2D eigenvalue weighted by Crippen LogP contribution is 2.35. The summed E-state index contributed by atoms with van der Waals surface area (Å²) in [6, 6.07) is 18.9. The van der Waals surface area contributed by atoms with Crippen LogP contribution in [0.25, 0.3) is 6.08 Å². The van der Waals surface area contributed by atoms with Crippen molar-refractivity contribution in [3.8, 4) is 11.5 Å². The van der Waals surface area contributed by atoms with E-state index in [1.807, 2.05) is 31.2 Å². The number of nitrogens with zero attached hydrogens (tertiary/aromatic N) is 2. The zero-order valence-electron chi connectivity index (χ0n) is 19.1. The SMILES string of the molecule is COc1ccc(/C=C2\SC(=O)N(Cc3ccccc3C)C2=O)cc1OCc1ccc([N+](=O)[O-])cc1. The van der Waals surface area contributed by atoms with Crippen molar-refractivity contribution < 1.29 is 24.0 Å². The maximum Gasteiger partial charge on any atom is 0.293 e. The number of hydrogen-bond acceptors (Lipinski definition) is 7. The molecule has 178 valence electrons. The first-order valence-electron chi connectivity index (χ1n) is 10.7. The van der Waals surface area contributed by atoms with Crippen LogP contribution in [0.4, 0.5) is 10.5 Å². The largest absolute Gasteiger partial charge is 0.493 e. The molecule has 0 radical (unpaired) electrons. The summed E-state index contributed by atoms with van der Waals surface area (Å²) in [6.45, 7) is 2.34. The molecule has 4 rings (SSSR count). The maximum atomic E-state index is 12.9. The molecule has 35 heavy (non-hydrogen) atoms. The average Bonchev–Trinajstić information content (AvgIpc) is 3.11. The minimum atomic E-state index is -0.458. The van der Waals surface area contributed by atoms with Crippen molar-refractivity contribution in [2.24, 2.45) is 0 Å². The van der Waals surface area contributed by atoms with Crippen molar-refractivity contribution in [1.82, 2.24) is 4.90 Å². The number of rotatable bonds is 8. The number of ether oxygens (including phenoxy) is 2. The fraction of sp³-hybridized carbons (Fsp3) is 0.154. The van der Waals surface area contributed by atoms with Crippen LogP contribution in [0.2, 0.25) is 0 Å². The van der Waals surface area contributed by atoms with Gasteiger partial charge in [-0.2, -0.15) is 0 Å². The number of thioether (sulfide) groups is 1. The van der Waals surface area contributed by atoms with E-state index < -0.39 is 4.92 Å². The van der Waals surface area contributed by atoms with E-state index in [0.29, 0.717) is 22.0 Å². The second-order valence-electron chi connectivity index (χ2n) is 7.82. The van der Waals surface area contributed by atoms with Gasteiger partial charge >= 0.3 is 0 Å². The molecule has 0 spiro atoms. The number of aryl methyl sites for hydroxylation is 1. The number of nitro groups is 1. The molecule has 3 aromatic carbocycles. The average molecular weight is 491 g/mol. The lowest BCUT2D eigenvalue weighted by Gasteiger charge is -2.14. The molecule has 0 atom stereocenters. The van der Waals surface area contributed by atoms with Crippen molar-refractivity contribution in [2.75, 3.05) is 7.11 Å². The molecule has 0 saturated carbocycles. The molecule has 1 aliphatic heterocycles. The molecule has 1 heterocycles. The molecule has 0 aromatic heterocycles. The summed E-state index contributed by atoms with van der Waals surface area (Å²) in [5.74, 6) is 0.600. The third kappa shape index (κ3) is 5.52. The first kappa shape index (κ1) is 24.0. The summed E-state index contributed by atoms with van der Waals surface area (Å²) in [7, 11) is 1.52. The van der Waals surface area contributed by atoms with Crippen LogP contribution in [0.3, 0.4) is 0 Å². The summed E-state index contributed by atoms with van der Waals surface area (Å²) in [6.07, 6.45) is 1.65. The molecule has 0 bridgehead atoms. The number of nitro benzene ring substituents is 1. The molecule has 8 nitrogen and oxygen atoms in total. The predicted octanol–water partition coefficient (Wildman–Crippen LogP) is 5.73. The summed E-state index contributed by atoms with van der Waals surface area (Å²) in [5, 5.41) is 10.5. The Balaban J connectivity index is 1.51. The minimum Gasteiger partial charge on any atom is -0.493 e. The van der Waals surface area contributed by atoms with Crippen LogP contribution < -0.4 is 9.47 Å². The summed E-state index contributed by atoms with van der Waals surface area (Å²) in [4.78, 5) is 37.4. The molecule has 1 aliphatic rings. The number of methoxy groups -OCH3 is 1. The van der Waals surface area contributed by atoms with Gasteiger partial charge in [0.25, 0.3) is 16.8 Å². The van der Waals surface area contributed by atoms with E-state index in [1.54, 1.807) is 36.4 Å². The highest BCUT2D eigenvalue weighted by atomic mass is 32.2. The normalized spacial score (nSPS) is 14.5. The first-order chi connectivity index (χ1) is 16.9. The smallest absolute Gasteiger partial charge is 0.293 e. The van der Waals surface area contributed by atoms with Gasteiger partial charge in [0.15, 0.2) is 11.5 Å². The monoisotopic (exact) mass is 490 g/mol. The second-order valence-corrected chi connectivity index (χ2v) is 8.81. The van der Waals surface area contributed by atoms with Crippen molar-refractivity contribution in [3.63, 3.8) is 0 Å². The highest BCUT2D eigenvalue weighted by molar-refractivity contribution is 8.18. The van der Waals surface area contributed by atoms with Gasteiger partial charge in [-0.1, -0.05) is 30.3 Å². The summed E-state index contributed by atoms with van der Waals surface area (Å²) < 4.78 is 11.3. The molecule has 1 fully saturated rings. The molecule has 3 aromatic rings. The van der Waals surface area contributed by atoms with Crippen LogP contribution in [0.5, 0.6) is 11.5 Å². The van der Waals surface area contributed by atoms with Crippen molar-refractivity contribution >= 4 is 34.7 Å². The standard InChI is InChI=1S/C26H22N2O6S/c1-17-5-3-4-6-20(17)15-27-25(29)24(35-26(27)30)14-19-9-12-22(33-2)23(13-19)34-16-18-7-10-21(11-8-18)28(31)32/h3-14H,15-16H2,1-2H3/b24-14-. The summed E-state index contributed by atoms with van der Waals surface area (Å²) >= 11 is 0.903. The lowest BCUT2D eigenvalue weighted by Crippen LogP contribution is -2.27. The molecular formula is C26H22N2O6S. The zero-order valence-corrected chi connectivity index (χ0v) is 19.9. The fourth-order valence-corrected chi connectivity index (χ4v) is 4.35. The van der Waals surface area contributed by atoms with Gasteiger partial charge in [-0.05, 0) is 71.3 Å². The first-order valence-corrected chi connectivity index (χ1v) is 11.5. The van der Waals surface area contributed by atoms with E-state index in [2.05, 4.69) is 0 Å². The van der Waals surface area contributed by atoms with Crippen molar-refractivity contribution in [3.05, 3.63) is 104 Å². The second kappa shape index (κ2) is 10.4. The number of benzene rings is 3. The summed E-state index contributed by atoms with van der Waals surface area (Å²) in [5.41, 5.74) is 3.36. The Kier molecular flexibility index (Phi) is 7.17. The van der Waals surface area contributed by atoms with Gasteiger partial charge in [0.2, 0.25) is 0 Å². The Bertz CT molecular complexity index is 1320. The highest BCUT2D eigenvalue weighted by Gasteiger charge is 2.35. The van der Waals surface area contributed by atoms with E-state index in [4.69, 9.17) is 9.47 Å². The van der Waals surface area contributed by atoms with Gasteiger partial charge in [-0.15, -0.1) is 0 Å². The Morgan fingerprint density at radius 2 is 1.77 bits per heavy atom.